The van der Waals surface area contributed by atoms with Gasteiger partial charge in [-0.3, -0.25) is 9.69 Å². The van der Waals surface area contributed by atoms with Crippen LogP contribution in [0.15, 0.2) is 102 Å². The van der Waals surface area contributed by atoms with Crippen LogP contribution in [0, 0.1) is 6.92 Å². The fraction of sp³-hybridized carbons (Fsp3) is 0.200. The third-order valence-electron chi connectivity index (χ3n) is 6.54. The predicted octanol–water partition coefficient (Wildman–Crippen LogP) is 5.96. The predicted molar refractivity (Wildman–Crippen MR) is 139 cm³/mol. The number of amides is 1. The van der Waals surface area contributed by atoms with Gasteiger partial charge in [-0.25, -0.2) is 5.01 Å². The van der Waals surface area contributed by atoms with E-state index in [9.17, 15) is 4.79 Å². The first kappa shape index (κ1) is 22.1. The van der Waals surface area contributed by atoms with Gasteiger partial charge in [0.2, 0.25) is 0 Å². The van der Waals surface area contributed by atoms with Crippen molar-refractivity contribution < 1.29 is 4.79 Å². The molecule has 4 aromatic rings. The van der Waals surface area contributed by atoms with Crippen molar-refractivity contribution >= 4 is 22.4 Å². The van der Waals surface area contributed by atoms with Gasteiger partial charge in [0.05, 0.1) is 18.3 Å². The highest BCUT2D eigenvalue weighted by Crippen LogP contribution is 2.33. The van der Waals surface area contributed by atoms with E-state index in [0.29, 0.717) is 13.0 Å². The van der Waals surface area contributed by atoms with E-state index in [4.69, 9.17) is 5.10 Å². The fourth-order valence-electron chi connectivity index (χ4n) is 4.66. The van der Waals surface area contributed by atoms with Crippen molar-refractivity contribution in [2.75, 3.05) is 13.6 Å². The average molecular weight is 448 g/mol. The van der Waals surface area contributed by atoms with E-state index in [1.54, 1.807) is 5.01 Å². The molecule has 1 atom stereocenters. The van der Waals surface area contributed by atoms with E-state index in [1.165, 1.54) is 21.9 Å². The van der Waals surface area contributed by atoms with E-state index in [2.05, 4.69) is 72.5 Å². The van der Waals surface area contributed by atoms with Crippen LogP contribution < -0.4 is 0 Å². The summed E-state index contributed by atoms with van der Waals surface area (Å²) in [5, 5.41) is 8.96. The summed E-state index contributed by atoms with van der Waals surface area (Å²) in [5.41, 5.74) is 5.61. The third kappa shape index (κ3) is 4.63. The molecule has 0 spiro atoms. The average Bonchev–Trinajstić information content (AvgIpc) is 3.31. The summed E-state index contributed by atoms with van der Waals surface area (Å²) in [7, 11) is 1.99. The first-order chi connectivity index (χ1) is 16.6. The molecule has 0 aliphatic carbocycles. The number of fused-ring (bicyclic) bond motifs is 1. The number of carbonyl (C=O) groups is 1. The van der Waals surface area contributed by atoms with Crippen LogP contribution in [-0.2, 0) is 11.3 Å². The molecule has 1 aliphatic rings. The summed E-state index contributed by atoms with van der Waals surface area (Å²) in [6.07, 6.45) is 0.704. The molecule has 0 saturated carbocycles. The molecule has 0 bridgehead atoms. The van der Waals surface area contributed by atoms with Crippen LogP contribution in [0.25, 0.3) is 10.8 Å². The Labute approximate surface area is 201 Å². The summed E-state index contributed by atoms with van der Waals surface area (Å²) < 4.78 is 0. The molecule has 4 heteroatoms. The number of hydrogen-bond acceptors (Lipinski definition) is 3. The van der Waals surface area contributed by atoms with Crippen molar-refractivity contribution in [3.8, 4) is 0 Å². The number of benzene rings is 4. The van der Waals surface area contributed by atoms with Gasteiger partial charge < -0.3 is 0 Å². The number of hydrogen-bond donors (Lipinski definition) is 0. The highest BCUT2D eigenvalue weighted by molar-refractivity contribution is 6.05. The van der Waals surface area contributed by atoms with Crippen LogP contribution in [0.3, 0.4) is 0 Å². The van der Waals surface area contributed by atoms with Gasteiger partial charge in [-0.15, -0.1) is 0 Å². The highest BCUT2D eigenvalue weighted by Gasteiger charge is 2.33. The zero-order valence-corrected chi connectivity index (χ0v) is 19.7. The molecule has 0 fully saturated rings. The standard InChI is InChI=1S/C30H29N3O/c1-22-10-6-7-15-27(22)20-32(2)21-30(34)33-29(24-12-4-3-5-13-24)19-28(31-33)26-17-16-23-11-8-9-14-25(23)18-26/h3-18,29H,19-21H2,1-2H3/t29-/m1/s1. The van der Waals surface area contributed by atoms with E-state index in [1.807, 2.05) is 43.4 Å². The third-order valence-corrected chi connectivity index (χ3v) is 6.54. The Balaban J connectivity index is 1.41. The maximum absolute atomic E-state index is 13.5. The molecule has 4 aromatic carbocycles. The van der Waals surface area contributed by atoms with Crippen molar-refractivity contribution in [3.05, 3.63) is 119 Å². The first-order valence-corrected chi connectivity index (χ1v) is 11.8. The summed E-state index contributed by atoms with van der Waals surface area (Å²) >= 11 is 0. The zero-order chi connectivity index (χ0) is 23.5. The van der Waals surface area contributed by atoms with Crippen molar-refractivity contribution in [2.45, 2.75) is 25.9 Å². The highest BCUT2D eigenvalue weighted by atomic mass is 16.2. The van der Waals surface area contributed by atoms with Crippen molar-refractivity contribution in [3.63, 3.8) is 0 Å². The van der Waals surface area contributed by atoms with Crippen LogP contribution in [0.1, 0.15) is 34.7 Å². The Bertz CT molecular complexity index is 1350. The molecular weight excluding hydrogens is 418 g/mol. The molecule has 0 N–H and O–H groups in total. The molecule has 0 saturated heterocycles. The van der Waals surface area contributed by atoms with Gasteiger partial charge in [0.15, 0.2) is 0 Å². The maximum Gasteiger partial charge on any atom is 0.257 e. The number of likely N-dealkylation sites (N-methyl/N-ethyl adjacent to an activating group) is 1. The Hall–Kier alpha value is -3.76. The van der Waals surface area contributed by atoms with Gasteiger partial charge in [-0.05, 0) is 53.1 Å². The molecule has 34 heavy (non-hydrogen) atoms. The monoisotopic (exact) mass is 447 g/mol. The lowest BCUT2D eigenvalue weighted by Gasteiger charge is -2.25. The minimum atomic E-state index is -0.0953. The molecule has 1 aliphatic heterocycles. The molecular formula is C30H29N3O. The molecule has 0 unspecified atom stereocenters. The quantitative estimate of drug-likeness (QED) is 0.366. The molecule has 5 rings (SSSR count). The number of aryl methyl sites for hydroxylation is 1. The number of carbonyl (C=O) groups excluding carboxylic acids is 1. The molecule has 4 nitrogen and oxygen atoms in total. The van der Waals surface area contributed by atoms with Crippen LogP contribution in [-0.4, -0.2) is 35.1 Å². The van der Waals surface area contributed by atoms with Gasteiger partial charge in [0.1, 0.15) is 0 Å². The smallest absolute Gasteiger partial charge is 0.257 e. The first-order valence-electron chi connectivity index (χ1n) is 11.8. The molecule has 1 amide bonds. The van der Waals surface area contributed by atoms with E-state index in [-0.39, 0.29) is 11.9 Å². The van der Waals surface area contributed by atoms with Gasteiger partial charge in [-0.1, -0.05) is 91.0 Å². The Morgan fingerprint density at radius 2 is 1.62 bits per heavy atom. The van der Waals surface area contributed by atoms with Gasteiger partial charge in [0, 0.05) is 13.0 Å². The van der Waals surface area contributed by atoms with E-state index >= 15 is 0 Å². The second-order valence-corrected chi connectivity index (χ2v) is 9.08. The molecule has 1 heterocycles. The summed E-state index contributed by atoms with van der Waals surface area (Å²) in [6, 6.07) is 33.2. The topological polar surface area (TPSA) is 35.9 Å². The summed E-state index contributed by atoms with van der Waals surface area (Å²) in [6.45, 7) is 3.15. The molecule has 170 valence electrons. The minimum Gasteiger partial charge on any atom is -0.293 e. The number of hydrazone groups is 1. The fourth-order valence-corrected chi connectivity index (χ4v) is 4.66. The number of nitrogens with zero attached hydrogens (tertiary/aromatic N) is 3. The summed E-state index contributed by atoms with van der Waals surface area (Å²) in [5.74, 6) is 0.0146. The van der Waals surface area contributed by atoms with E-state index in [0.717, 1.165) is 23.4 Å². The molecule has 0 aromatic heterocycles. The SMILES string of the molecule is Cc1ccccc1CN(C)CC(=O)N1N=C(c2ccc3ccccc3c2)C[C@@H]1c1ccccc1. The molecule has 0 radical (unpaired) electrons. The minimum absolute atomic E-state index is 0.0146. The van der Waals surface area contributed by atoms with Gasteiger partial charge in [0.25, 0.3) is 5.91 Å². The number of rotatable bonds is 6. The normalized spacial score (nSPS) is 15.7. The Morgan fingerprint density at radius 3 is 2.41 bits per heavy atom. The lowest BCUT2D eigenvalue weighted by Crippen LogP contribution is -2.36. The second-order valence-electron chi connectivity index (χ2n) is 9.08. The summed E-state index contributed by atoms with van der Waals surface area (Å²) in [4.78, 5) is 15.5. The van der Waals surface area contributed by atoms with Crippen LogP contribution in [0.2, 0.25) is 0 Å². The van der Waals surface area contributed by atoms with Gasteiger partial charge >= 0.3 is 0 Å². The lowest BCUT2D eigenvalue weighted by molar-refractivity contribution is -0.134. The van der Waals surface area contributed by atoms with Crippen LogP contribution in [0.4, 0.5) is 0 Å². The largest absolute Gasteiger partial charge is 0.293 e. The maximum atomic E-state index is 13.5. The lowest BCUT2D eigenvalue weighted by atomic mass is 9.97. The van der Waals surface area contributed by atoms with Crippen molar-refractivity contribution in [1.82, 2.24) is 9.91 Å². The Kier molecular flexibility index (Phi) is 6.24. The Morgan fingerprint density at radius 1 is 0.912 bits per heavy atom. The van der Waals surface area contributed by atoms with Crippen LogP contribution in [0.5, 0.6) is 0 Å². The van der Waals surface area contributed by atoms with Crippen LogP contribution >= 0.6 is 0 Å². The second kappa shape index (κ2) is 9.62. The van der Waals surface area contributed by atoms with E-state index < -0.39 is 0 Å². The van der Waals surface area contributed by atoms with Crippen molar-refractivity contribution in [1.29, 1.82) is 0 Å². The zero-order valence-electron chi connectivity index (χ0n) is 19.7. The van der Waals surface area contributed by atoms with Crippen molar-refractivity contribution in [2.24, 2.45) is 5.10 Å². The van der Waals surface area contributed by atoms with Gasteiger partial charge in [-0.2, -0.15) is 5.10 Å².